The average molecular weight is 383 g/mol. The zero-order valence-electron chi connectivity index (χ0n) is 16.2. The molecule has 2 amide bonds. The summed E-state index contributed by atoms with van der Waals surface area (Å²) in [6.45, 7) is 4.94. The number of carbonyl (C=O) groups is 2. The van der Waals surface area contributed by atoms with Gasteiger partial charge in [-0.05, 0) is 48.7 Å². The Morgan fingerprint density at radius 2 is 1.75 bits per heavy atom. The summed E-state index contributed by atoms with van der Waals surface area (Å²) in [5.74, 6) is -0.489. The first-order valence-corrected chi connectivity index (χ1v) is 9.71. The van der Waals surface area contributed by atoms with Crippen LogP contribution in [0.15, 0.2) is 48.5 Å². The maximum Gasteiger partial charge on any atom is 0.253 e. The smallest absolute Gasteiger partial charge is 0.253 e. The quantitative estimate of drug-likeness (QED) is 0.863. The number of rotatable bonds is 5. The number of anilines is 1. The van der Waals surface area contributed by atoms with Gasteiger partial charge in [-0.25, -0.2) is 4.39 Å². The standard InChI is InChI=1S/C22H26FN3O2/c1-2-17-6-3-4-7-20(17)24-21(27)16-25-12-5-13-26(15-14-25)22(28)18-8-10-19(23)11-9-18/h3-4,6-11H,2,5,12-16H2,1H3,(H,24,27). The van der Waals surface area contributed by atoms with Crippen LogP contribution in [0.25, 0.3) is 0 Å². The Labute approximate surface area is 165 Å². The topological polar surface area (TPSA) is 52.7 Å². The van der Waals surface area contributed by atoms with Gasteiger partial charge in [0.25, 0.3) is 5.91 Å². The molecule has 1 N–H and O–H groups in total. The van der Waals surface area contributed by atoms with E-state index in [-0.39, 0.29) is 17.6 Å². The molecule has 1 fully saturated rings. The van der Waals surface area contributed by atoms with Gasteiger partial charge in [-0.3, -0.25) is 14.5 Å². The lowest BCUT2D eigenvalue weighted by Gasteiger charge is -2.22. The van der Waals surface area contributed by atoms with E-state index in [0.29, 0.717) is 31.7 Å². The van der Waals surface area contributed by atoms with Crippen molar-refractivity contribution in [1.82, 2.24) is 9.80 Å². The lowest BCUT2D eigenvalue weighted by Crippen LogP contribution is -2.38. The van der Waals surface area contributed by atoms with Gasteiger partial charge in [0.2, 0.25) is 5.91 Å². The second-order valence-electron chi connectivity index (χ2n) is 6.99. The maximum atomic E-state index is 13.1. The van der Waals surface area contributed by atoms with E-state index < -0.39 is 0 Å². The van der Waals surface area contributed by atoms with Crippen LogP contribution in [0.4, 0.5) is 10.1 Å². The molecule has 1 aliphatic heterocycles. The van der Waals surface area contributed by atoms with E-state index in [1.54, 1.807) is 4.90 Å². The number of carbonyl (C=O) groups excluding carboxylic acids is 2. The van der Waals surface area contributed by atoms with Crippen LogP contribution in [0.3, 0.4) is 0 Å². The minimum atomic E-state index is -0.353. The molecule has 0 aliphatic carbocycles. The predicted molar refractivity (Wildman–Crippen MR) is 108 cm³/mol. The molecule has 28 heavy (non-hydrogen) atoms. The molecule has 0 aromatic heterocycles. The van der Waals surface area contributed by atoms with Crippen molar-refractivity contribution >= 4 is 17.5 Å². The molecule has 0 bridgehead atoms. The number of benzene rings is 2. The lowest BCUT2D eigenvalue weighted by atomic mass is 10.1. The summed E-state index contributed by atoms with van der Waals surface area (Å²) in [5.41, 5.74) is 2.46. The third-order valence-electron chi connectivity index (χ3n) is 5.01. The van der Waals surface area contributed by atoms with Gasteiger partial charge in [-0.2, -0.15) is 0 Å². The highest BCUT2D eigenvalue weighted by molar-refractivity contribution is 5.94. The molecule has 0 spiro atoms. The monoisotopic (exact) mass is 383 g/mol. The Balaban J connectivity index is 1.54. The lowest BCUT2D eigenvalue weighted by molar-refractivity contribution is -0.117. The molecular formula is C22H26FN3O2. The van der Waals surface area contributed by atoms with Crippen molar-refractivity contribution in [2.45, 2.75) is 19.8 Å². The van der Waals surface area contributed by atoms with E-state index in [4.69, 9.17) is 0 Å². The summed E-state index contributed by atoms with van der Waals surface area (Å²) >= 11 is 0. The van der Waals surface area contributed by atoms with Crippen LogP contribution in [0.1, 0.15) is 29.3 Å². The summed E-state index contributed by atoms with van der Waals surface area (Å²) < 4.78 is 13.1. The fraction of sp³-hybridized carbons (Fsp3) is 0.364. The predicted octanol–water partition coefficient (Wildman–Crippen LogP) is 3.17. The van der Waals surface area contributed by atoms with Crippen LogP contribution < -0.4 is 5.32 Å². The molecule has 1 heterocycles. The first-order valence-electron chi connectivity index (χ1n) is 9.71. The Hall–Kier alpha value is -2.73. The number of nitrogens with zero attached hydrogens (tertiary/aromatic N) is 2. The Morgan fingerprint density at radius 1 is 1.00 bits per heavy atom. The zero-order chi connectivity index (χ0) is 19.9. The fourth-order valence-corrected chi connectivity index (χ4v) is 3.45. The van der Waals surface area contributed by atoms with Crippen molar-refractivity contribution < 1.29 is 14.0 Å². The Morgan fingerprint density at radius 3 is 2.50 bits per heavy atom. The number of amides is 2. The van der Waals surface area contributed by atoms with Crippen molar-refractivity contribution in [3.05, 3.63) is 65.5 Å². The summed E-state index contributed by atoms with van der Waals surface area (Å²) in [4.78, 5) is 28.9. The summed E-state index contributed by atoms with van der Waals surface area (Å²) in [5, 5.41) is 3.00. The van der Waals surface area contributed by atoms with E-state index in [2.05, 4.69) is 17.1 Å². The zero-order valence-corrected chi connectivity index (χ0v) is 16.2. The normalized spacial score (nSPS) is 15.1. The fourth-order valence-electron chi connectivity index (χ4n) is 3.45. The number of hydrogen-bond donors (Lipinski definition) is 1. The number of hydrogen-bond acceptors (Lipinski definition) is 3. The molecule has 6 heteroatoms. The second-order valence-corrected chi connectivity index (χ2v) is 6.99. The highest BCUT2D eigenvalue weighted by atomic mass is 19.1. The SMILES string of the molecule is CCc1ccccc1NC(=O)CN1CCCN(C(=O)c2ccc(F)cc2)CC1. The van der Waals surface area contributed by atoms with Gasteiger partial charge in [0.1, 0.15) is 5.82 Å². The molecule has 3 rings (SSSR count). The minimum absolute atomic E-state index is 0.0424. The van der Waals surface area contributed by atoms with Gasteiger partial charge in [0.05, 0.1) is 6.54 Å². The molecule has 0 saturated carbocycles. The van der Waals surface area contributed by atoms with Crippen molar-refractivity contribution in [1.29, 1.82) is 0 Å². The second kappa shape index (κ2) is 9.46. The number of halogens is 1. The van der Waals surface area contributed by atoms with Crippen molar-refractivity contribution in [2.24, 2.45) is 0 Å². The van der Waals surface area contributed by atoms with E-state index >= 15 is 0 Å². The first-order chi connectivity index (χ1) is 13.6. The third-order valence-corrected chi connectivity index (χ3v) is 5.01. The number of para-hydroxylation sites is 1. The van der Waals surface area contributed by atoms with Crippen LogP contribution >= 0.6 is 0 Å². The average Bonchev–Trinajstić information content (AvgIpc) is 2.94. The molecule has 0 radical (unpaired) electrons. The molecule has 2 aromatic rings. The van der Waals surface area contributed by atoms with Crippen LogP contribution in [0.5, 0.6) is 0 Å². The molecule has 148 valence electrons. The van der Waals surface area contributed by atoms with Crippen molar-refractivity contribution in [2.75, 3.05) is 38.0 Å². The van der Waals surface area contributed by atoms with Crippen LogP contribution in [-0.2, 0) is 11.2 Å². The molecule has 1 saturated heterocycles. The molecule has 0 unspecified atom stereocenters. The van der Waals surface area contributed by atoms with Gasteiger partial charge in [-0.1, -0.05) is 25.1 Å². The Bertz CT molecular complexity index is 823. The number of nitrogens with one attached hydrogen (secondary N) is 1. The van der Waals surface area contributed by atoms with E-state index in [1.165, 1.54) is 24.3 Å². The molecule has 0 atom stereocenters. The summed E-state index contributed by atoms with van der Waals surface area (Å²) in [6.07, 6.45) is 1.66. The third kappa shape index (κ3) is 5.16. The van der Waals surface area contributed by atoms with Gasteiger partial charge in [-0.15, -0.1) is 0 Å². The van der Waals surface area contributed by atoms with Gasteiger partial charge >= 0.3 is 0 Å². The largest absolute Gasteiger partial charge is 0.337 e. The van der Waals surface area contributed by atoms with Crippen molar-refractivity contribution in [3.8, 4) is 0 Å². The molecular weight excluding hydrogens is 357 g/mol. The van der Waals surface area contributed by atoms with Crippen LogP contribution in [-0.4, -0.2) is 54.3 Å². The van der Waals surface area contributed by atoms with Crippen molar-refractivity contribution in [3.63, 3.8) is 0 Å². The Kier molecular flexibility index (Phi) is 6.76. The highest BCUT2D eigenvalue weighted by Gasteiger charge is 2.21. The van der Waals surface area contributed by atoms with Crippen LogP contribution in [0, 0.1) is 5.82 Å². The molecule has 1 aliphatic rings. The number of aryl methyl sites for hydroxylation is 1. The van der Waals surface area contributed by atoms with Gasteiger partial charge in [0, 0.05) is 37.4 Å². The minimum Gasteiger partial charge on any atom is -0.337 e. The van der Waals surface area contributed by atoms with Gasteiger partial charge in [0.15, 0.2) is 0 Å². The summed E-state index contributed by atoms with van der Waals surface area (Å²) in [7, 11) is 0. The van der Waals surface area contributed by atoms with Gasteiger partial charge < -0.3 is 10.2 Å². The maximum absolute atomic E-state index is 13.1. The van der Waals surface area contributed by atoms with E-state index in [1.807, 2.05) is 24.3 Å². The highest BCUT2D eigenvalue weighted by Crippen LogP contribution is 2.16. The van der Waals surface area contributed by atoms with Crippen LogP contribution in [0.2, 0.25) is 0 Å². The van der Waals surface area contributed by atoms with E-state index in [9.17, 15) is 14.0 Å². The summed E-state index contributed by atoms with van der Waals surface area (Å²) in [6, 6.07) is 13.4. The first kappa shape index (κ1) is 20.0. The molecule has 2 aromatic carbocycles. The van der Waals surface area contributed by atoms with E-state index in [0.717, 1.165) is 30.6 Å². The molecule has 5 nitrogen and oxygen atoms in total.